The van der Waals surface area contributed by atoms with Crippen LogP contribution in [0.2, 0.25) is 0 Å². The number of rotatable bonds is 5. The van der Waals surface area contributed by atoms with Crippen molar-refractivity contribution in [2.24, 2.45) is 0 Å². The molecule has 1 aliphatic rings. The third kappa shape index (κ3) is 3.59. The zero-order valence-electron chi connectivity index (χ0n) is 12.5. The summed E-state index contributed by atoms with van der Waals surface area (Å²) >= 11 is 1.37. The Labute approximate surface area is 137 Å². The number of carbonyl (C=O) groups is 1. The second kappa shape index (κ2) is 6.91. The molecule has 1 aliphatic heterocycles. The molecule has 0 atom stereocenters. The minimum absolute atomic E-state index is 0.126. The highest BCUT2D eigenvalue weighted by atomic mass is 32.2. The van der Waals surface area contributed by atoms with E-state index in [1.165, 1.54) is 31.0 Å². The van der Waals surface area contributed by atoms with E-state index in [9.17, 15) is 9.18 Å². The predicted molar refractivity (Wildman–Crippen MR) is 85.4 cm³/mol. The maximum Gasteiger partial charge on any atom is 0.173 e. The van der Waals surface area contributed by atoms with E-state index < -0.39 is 5.82 Å². The number of hydrogen-bond donors (Lipinski definition) is 0. The smallest absolute Gasteiger partial charge is 0.173 e. The number of thioether (sulfide) groups is 1. The van der Waals surface area contributed by atoms with Crippen LogP contribution in [0.1, 0.15) is 10.4 Å². The summed E-state index contributed by atoms with van der Waals surface area (Å²) in [6.07, 6.45) is 0. The van der Waals surface area contributed by atoms with Crippen molar-refractivity contribution in [1.82, 2.24) is 0 Å². The molecule has 0 aromatic heterocycles. The van der Waals surface area contributed by atoms with E-state index in [4.69, 9.17) is 14.2 Å². The number of fused-ring (bicyclic) bond motifs is 1. The van der Waals surface area contributed by atoms with Crippen molar-refractivity contribution in [3.8, 4) is 17.2 Å². The second-order valence-corrected chi connectivity index (χ2v) is 5.92. The zero-order chi connectivity index (χ0) is 16.2. The molecule has 23 heavy (non-hydrogen) atoms. The summed E-state index contributed by atoms with van der Waals surface area (Å²) in [7, 11) is 1.39. The normalized spacial score (nSPS) is 12.8. The van der Waals surface area contributed by atoms with Gasteiger partial charge in [0.2, 0.25) is 0 Å². The Morgan fingerprint density at radius 2 is 1.96 bits per heavy atom. The molecule has 2 aromatic rings. The Kier molecular flexibility index (Phi) is 4.71. The molecule has 0 radical (unpaired) electrons. The molecule has 2 aromatic carbocycles. The average Bonchev–Trinajstić information content (AvgIpc) is 2.59. The molecule has 0 saturated carbocycles. The van der Waals surface area contributed by atoms with Crippen molar-refractivity contribution in [1.29, 1.82) is 0 Å². The Bertz CT molecular complexity index is 733. The van der Waals surface area contributed by atoms with Gasteiger partial charge in [-0.15, -0.1) is 11.8 Å². The molecule has 3 rings (SSSR count). The molecule has 0 aliphatic carbocycles. The predicted octanol–water partition coefficient (Wildman–Crippen LogP) is 3.58. The summed E-state index contributed by atoms with van der Waals surface area (Å²) in [5, 5.41) is 0. The standard InChI is InChI=1S/C17H15FO4S/c1-20-15-4-2-11(8-13(15)18)14(19)10-23-12-3-5-16-17(9-12)22-7-6-21-16/h2-5,8-9H,6-7,10H2,1H3. The van der Waals surface area contributed by atoms with Crippen LogP contribution in [0.4, 0.5) is 4.39 Å². The molecule has 120 valence electrons. The largest absolute Gasteiger partial charge is 0.494 e. The Hall–Kier alpha value is -2.21. The van der Waals surface area contributed by atoms with Gasteiger partial charge in [0, 0.05) is 10.5 Å². The average molecular weight is 334 g/mol. The van der Waals surface area contributed by atoms with Gasteiger partial charge in [0.05, 0.1) is 12.9 Å². The highest BCUT2D eigenvalue weighted by Gasteiger charge is 2.14. The number of methoxy groups -OCH3 is 1. The van der Waals surface area contributed by atoms with Crippen LogP contribution in [0.3, 0.4) is 0 Å². The topological polar surface area (TPSA) is 44.8 Å². The summed E-state index contributed by atoms with van der Waals surface area (Å²) in [5.74, 6) is 1.05. The van der Waals surface area contributed by atoms with Gasteiger partial charge in [-0.2, -0.15) is 0 Å². The summed E-state index contributed by atoms with van der Waals surface area (Å²) in [4.78, 5) is 13.1. The Morgan fingerprint density at radius 1 is 1.17 bits per heavy atom. The van der Waals surface area contributed by atoms with Gasteiger partial charge >= 0.3 is 0 Å². The van der Waals surface area contributed by atoms with Crippen molar-refractivity contribution in [2.75, 3.05) is 26.1 Å². The second-order valence-electron chi connectivity index (χ2n) is 4.87. The van der Waals surface area contributed by atoms with Crippen LogP contribution in [0, 0.1) is 5.82 Å². The molecule has 0 fully saturated rings. The first-order chi connectivity index (χ1) is 11.2. The minimum Gasteiger partial charge on any atom is -0.494 e. The molecule has 4 nitrogen and oxygen atoms in total. The van der Waals surface area contributed by atoms with Crippen LogP contribution in [-0.2, 0) is 0 Å². The fourth-order valence-corrected chi connectivity index (χ4v) is 3.00. The molecule has 0 amide bonds. The van der Waals surface area contributed by atoms with Crippen LogP contribution in [0.25, 0.3) is 0 Å². The van der Waals surface area contributed by atoms with Gasteiger partial charge < -0.3 is 14.2 Å². The van der Waals surface area contributed by atoms with Gasteiger partial charge in [0.1, 0.15) is 13.2 Å². The van der Waals surface area contributed by atoms with Gasteiger partial charge in [0.25, 0.3) is 0 Å². The van der Waals surface area contributed by atoms with Crippen LogP contribution < -0.4 is 14.2 Å². The van der Waals surface area contributed by atoms with E-state index in [-0.39, 0.29) is 17.3 Å². The first-order valence-electron chi connectivity index (χ1n) is 7.06. The quantitative estimate of drug-likeness (QED) is 0.618. The van der Waals surface area contributed by atoms with Crippen LogP contribution in [-0.4, -0.2) is 31.9 Å². The number of hydrogen-bond acceptors (Lipinski definition) is 5. The SMILES string of the molecule is COc1ccc(C(=O)CSc2ccc3c(c2)OCCO3)cc1F. The maximum atomic E-state index is 13.6. The first-order valence-corrected chi connectivity index (χ1v) is 8.05. The number of Topliss-reactive ketones (excluding diaryl/α,β-unsaturated/α-hetero) is 1. The summed E-state index contributed by atoms with van der Waals surface area (Å²) < 4.78 is 29.5. The fraction of sp³-hybridized carbons (Fsp3) is 0.235. The minimum atomic E-state index is -0.539. The van der Waals surface area contributed by atoms with E-state index >= 15 is 0 Å². The lowest BCUT2D eigenvalue weighted by molar-refractivity contribution is 0.102. The van der Waals surface area contributed by atoms with E-state index in [2.05, 4.69) is 0 Å². The number of ketones is 1. The zero-order valence-corrected chi connectivity index (χ0v) is 13.3. The Morgan fingerprint density at radius 3 is 2.70 bits per heavy atom. The van der Waals surface area contributed by atoms with Crippen molar-refractivity contribution in [3.63, 3.8) is 0 Å². The summed E-state index contributed by atoms with van der Waals surface area (Å²) in [6.45, 7) is 1.06. The van der Waals surface area contributed by atoms with Gasteiger partial charge in [-0.3, -0.25) is 4.79 Å². The van der Waals surface area contributed by atoms with Crippen molar-refractivity contribution < 1.29 is 23.4 Å². The van der Waals surface area contributed by atoms with Crippen LogP contribution >= 0.6 is 11.8 Å². The molecule has 0 unspecified atom stereocenters. The van der Waals surface area contributed by atoms with Crippen molar-refractivity contribution >= 4 is 17.5 Å². The van der Waals surface area contributed by atoms with Crippen molar-refractivity contribution in [3.05, 3.63) is 47.8 Å². The molecule has 1 heterocycles. The molecule has 6 heteroatoms. The van der Waals surface area contributed by atoms with Crippen molar-refractivity contribution in [2.45, 2.75) is 4.90 Å². The third-order valence-electron chi connectivity index (χ3n) is 3.36. The third-order valence-corrected chi connectivity index (χ3v) is 4.35. The summed E-state index contributed by atoms with van der Waals surface area (Å²) in [6, 6.07) is 9.77. The lowest BCUT2D eigenvalue weighted by atomic mass is 10.1. The van der Waals surface area contributed by atoms with E-state index in [1.54, 1.807) is 6.07 Å². The first kappa shape index (κ1) is 15.7. The molecular formula is C17H15FO4S. The monoisotopic (exact) mass is 334 g/mol. The van der Waals surface area contributed by atoms with Crippen LogP contribution in [0.15, 0.2) is 41.3 Å². The lowest BCUT2D eigenvalue weighted by Gasteiger charge is -2.18. The van der Waals surface area contributed by atoms with Gasteiger partial charge in [-0.25, -0.2) is 4.39 Å². The van der Waals surface area contributed by atoms with E-state index in [0.717, 1.165) is 4.90 Å². The molecule has 0 saturated heterocycles. The number of halogens is 1. The van der Waals surface area contributed by atoms with Gasteiger partial charge in [0.15, 0.2) is 28.8 Å². The van der Waals surface area contributed by atoms with E-state index in [0.29, 0.717) is 30.3 Å². The number of benzene rings is 2. The Balaban J connectivity index is 1.66. The van der Waals surface area contributed by atoms with E-state index in [1.807, 2.05) is 18.2 Å². The maximum absolute atomic E-state index is 13.6. The highest BCUT2D eigenvalue weighted by Crippen LogP contribution is 2.34. The summed E-state index contributed by atoms with van der Waals surface area (Å²) in [5.41, 5.74) is 0.327. The highest BCUT2D eigenvalue weighted by molar-refractivity contribution is 8.00. The van der Waals surface area contributed by atoms with Crippen LogP contribution in [0.5, 0.6) is 17.2 Å². The molecule has 0 N–H and O–H groups in total. The molecule has 0 bridgehead atoms. The van der Waals surface area contributed by atoms with Gasteiger partial charge in [-0.05, 0) is 36.4 Å². The number of carbonyl (C=O) groups excluding carboxylic acids is 1. The fourth-order valence-electron chi connectivity index (χ4n) is 2.19. The molecular weight excluding hydrogens is 319 g/mol. The molecule has 0 spiro atoms. The lowest BCUT2D eigenvalue weighted by Crippen LogP contribution is -2.15. The van der Waals surface area contributed by atoms with Gasteiger partial charge in [-0.1, -0.05) is 0 Å². The number of ether oxygens (including phenoxy) is 3.